The van der Waals surface area contributed by atoms with Crippen LogP contribution in [0.5, 0.6) is 0 Å². The van der Waals surface area contributed by atoms with Crippen LogP contribution in [0.2, 0.25) is 0 Å². The molecule has 0 spiro atoms. The summed E-state index contributed by atoms with van der Waals surface area (Å²) >= 11 is 0. The SMILES string of the molecule is CC(C)(C(=O)O)c1ccc(C(=O)O)cc1C(=O)O. The van der Waals surface area contributed by atoms with Crippen LogP contribution in [0.1, 0.15) is 40.1 Å². The molecule has 0 aliphatic rings. The summed E-state index contributed by atoms with van der Waals surface area (Å²) in [6, 6.07) is 3.38. The quantitative estimate of drug-likeness (QED) is 0.747. The molecule has 1 aromatic carbocycles. The molecule has 0 bridgehead atoms. The van der Waals surface area contributed by atoms with Gasteiger partial charge in [-0.05, 0) is 31.5 Å². The van der Waals surface area contributed by atoms with E-state index in [1.165, 1.54) is 26.0 Å². The molecule has 0 unspecified atom stereocenters. The van der Waals surface area contributed by atoms with E-state index in [4.69, 9.17) is 15.3 Å². The second-order valence-electron chi connectivity index (χ2n) is 4.30. The van der Waals surface area contributed by atoms with Crippen LogP contribution in [0.4, 0.5) is 0 Å². The molecule has 0 saturated heterocycles. The predicted molar refractivity (Wildman–Crippen MR) is 61.0 cm³/mol. The van der Waals surface area contributed by atoms with Gasteiger partial charge in [-0.1, -0.05) is 6.07 Å². The number of rotatable bonds is 4. The van der Waals surface area contributed by atoms with E-state index in [1.807, 2.05) is 0 Å². The van der Waals surface area contributed by atoms with E-state index in [0.717, 1.165) is 6.07 Å². The van der Waals surface area contributed by atoms with Crippen molar-refractivity contribution in [3.63, 3.8) is 0 Å². The standard InChI is InChI=1S/C12H12O6/c1-12(2,11(17)18)8-4-3-6(9(13)14)5-7(8)10(15)16/h3-5H,1-2H3,(H,13,14)(H,15,16)(H,17,18). The van der Waals surface area contributed by atoms with Crippen molar-refractivity contribution in [1.82, 2.24) is 0 Å². The van der Waals surface area contributed by atoms with Gasteiger partial charge in [-0.25, -0.2) is 9.59 Å². The maximum absolute atomic E-state index is 11.1. The lowest BCUT2D eigenvalue weighted by Gasteiger charge is -2.21. The highest BCUT2D eigenvalue weighted by Gasteiger charge is 2.33. The number of carbonyl (C=O) groups is 3. The minimum atomic E-state index is -1.41. The van der Waals surface area contributed by atoms with E-state index in [1.54, 1.807) is 0 Å². The third-order valence-electron chi connectivity index (χ3n) is 2.70. The zero-order chi connectivity index (χ0) is 14.1. The topological polar surface area (TPSA) is 112 Å². The van der Waals surface area contributed by atoms with Crippen molar-refractivity contribution >= 4 is 17.9 Å². The number of hydrogen-bond acceptors (Lipinski definition) is 3. The molecule has 0 radical (unpaired) electrons. The van der Waals surface area contributed by atoms with Crippen LogP contribution in [0.15, 0.2) is 18.2 Å². The average molecular weight is 252 g/mol. The van der Waals surface area contributed by atoms with Gasteiger partial charge in [0.05, 0.1) is 16.5 Å². The average Bonchev–Trinajstić information content (AvgIpc) is 2.27. The zero-order valence-electron chi connectivity index (χ0n) is 9.80. The van der Waals surface area contributed by atoms with Gasteiger partial charge in [-0.15, -0.1) is 0 Å². The summed E-state index contributed by atoms with van der Waals surface area (Å²) in [5.74, 6) is -3.81. The van der Waals surface area contributed by atoms with Crippen LogP contribution in [-0.4, -0.2) is 33.2 Å². The highest BCUT2D eigenvalue weighted by atomic mass is 16.4. The van der Waals surface area contributed by atoms with E-state index in [9.17, 15) is 14.4 Å². The van der Waals surface area contributed by atoms with Crippen LogP contribution >= 0.6 is 0 Å². The molecule has 0 atom stereocenters. The summed E-state index contributed by atoms with van der Waals surface area (Å²) in [7, 11) is 0. The molecule has 0 fully saturated rings. The lowest BCUT2D eigenvalue weighted by atomic mass is 9.81. The summed E-state index contributed by atoms with van der Waals surface area (Å²) in [5.41, 5.74) is -1.86. The lowest BCUT2D eigenvalue weighted by molar-refractivity contribution is -0.142. The maximum Gasteiger partial charge on any atom is 0.336 e. The van der Waals surface area contributed by atoms with Crippen molar-refractivity contribution in [2.45, 2.75) is 19.3 Å². The number of hydrogen-bond donors (Lipinski definition) is 3. The molecule has 1 aromatic rings. The summed E-state index contributed by atoms with van der Waals surface area (Å²) < 4.78 is 0. The highest BCUT2D eigenvalue weighted by Crippen LogP contribution is 2.28. The second kappa shape index (κ2) is 4.48. The van der Waals surface area contributed by atoms with E-state index in [-0.39, 0.29) is 16.7 Å². The molecule has 0 heterocycles. The fourth-order valence-electron chi connectivity index (χ4n) is 1.51. The number of aliphatic carboxylic acids is 1. The van der Waals surface area contributed by atoms with Crippen molar-refractivity contribution in [3.8, 4) is 0 Å². The monoisotopic (exact) mass is 252 g/mol. The van der Waals surface area contributed by atoms with E-state index in [0.29, 0.717) is 0 Å². The molecule has 96 valence electrons. The Morgan fingerprint density at radius 2 is 1.56 bits per heavy atom. The van der Waals surface area contributed by atoms with E-state index in [2.05, 4.69) is 0 Å². The summed E-state index contributed by atoms with van der Waals surface area (Å²) in [6.45, 7) is 2.72. The van der Waals surface area contributed by atoms with E-state index >= 15 is 0 Å². The molecule has 0 aliphatic carbocycles. The largest absolute Gasteiger partial charge is 0.481 e. The fourth-order valence-corrected chi connectivity index (χ4v) is 1.51. The molecule has 6 nitrogen and oxygen atoms in total. The van der Waals surface area contributed by atoms with Crippen molar-refractivity contribution in [2.75, 3.05) is 0 Å². The van der Waals surface area contributed by atoms with E-state index < -0.39 is 23.3 Å². The Bertz CT molecular complexity index is 529. The van der Waals surface area contributed by atoms with Crippen LogP contribution < -0.4 is 0 Å². The highest BCUT2D eigenvalue weighted by molar-refractivity contribution is 5.97. The molecule has 0 amide bonds. The van der Waals surface area contributed by atoms with Crippen LogP contribution in [-0.2, 0) is 10.2 Å². The third-order valence-corrected chi connectivity index (χ3v) is 2.70. The van der Waals surface area contributed by atoms with Gasteiger partial charge in [-0.3, -0.25) is 4.79 Å². The first-order chi connectivity index (χ1) is 8.17. The van der Waals surface area contributed by atoms with Crippen molar-refractivity contribution in [2.24, 2.45) is 0 Å². The second-order valence-corrected chi connectivity index (χ2v) is 4.30. The minimum Gasteiger partial charge on any atom is -0.481 e. The molecule has 0 aromatic heterocycles. The van der Waals surface area contributed by atoms with Crippen LogP contribution in [0.25, 0.3) is 0 Å². The van der Waals surface area contributed by atoms with Crippen LogP contribution in [0.3, 0.4) is 0 Å². The third kappa shape index (κ3) is 2.32. The molecule has 0 aliphatic heterocycles. The Labute approximate surface area is 102 Å². The molecule has 1 rings (SSSR count). The van der Waals surface area contributed by atoms with Crippen LogP contribution in [0, 0.1) is 0 Å². The number of aromatic carboxylic acids is 2. The lowest BCUT2D eigenvalue weighted by Crippen LogP contribution is -2.30. The Hall–Kier alpha value is -2.37. The Morgan fingerprint density at radius 1 is 1.00 bits per heavy atom. The van der Waals surface area contributed by atoms with Gasteiger partial charge in [0.25, 0.3) is 0 Å². The number of carboxylic acid groups (broad SMARTS) is 3. The summed E-state index contributed by atoms with van der Waals surface area (Å²) in [5, 5.41) is 26.9. The molecular formula is C12H12O6. The molecule has 6 heteroatoms. The molecule has 3 N–H and O–H groups in total. The summed E-state index contributed by atoms with van der Waals surface area (Å²) in [6.07, 6.45) is 0. The molecule has 0 saturated carbocycles. The predicted octanol–water partition coefficient (Wildman–Crippen LogP) is 1.45. The molecular weight excluding hydrogens is 240 g/mol. The number of benzene rings is 1. The summed E-state index contributed by atoms with van der Waals surface area (Å²) in [4.78, 5) is 32.9. The van der Waals surface area contributed by atoms with Gasteiger partial charge in [-0.2, -0.15) is 0 Å². The minimum absolute atomic E-state index is 0.0625. The van der Waals surface area contributed by atoms with Crippen molar-refractivity contribution < 1.29 is 29.7 Å². The Morgan fingerprint density at radius 3 is 1.94 bits per heavy atom. The van der Waals surface area contributed by atoms with Gasteiger partial charge < -0.3 is 15.3 Å². The Balaban J connectivity index is 3.51. The maximum atomic E-state index is 11.1. The van der Waals surface area contributed by atoms with Gasteiger partial charge in [0.2, 0.25) is 0 Å². The van der Waals surface area contributed by atoms with Gasteiger partial charge in [0.15, 0.2) is 0 Å². The van der Waals surface area contributed by atoms with Gasteiger partial charge >= 0.3 is 17.9 Å². The van der Waals surface area contributed by atoms with Gasteiger partial charge in [0.1, 0.15) is 0 Å². The van der Waals surface area contributed by atoms with Gasteiger partial charge in [0, 0.05) is 0 Å². The normalized spacial score (nSPS) is 11.0. The van der Waals surface area contributed by atoms with Crippen molar-refractivity contribution in [3.05, 3.63) is 34.9 Å². The first-order valence-corrected chi connectivity index (χ1v) is 5.02. The smallest absolute Gasteiger partial charge is 0.336 e. The fraction of sp³-hybridized carbons (Fsp3) is 0.250. The molecule has 18 heavy (non-hydrogen) atoms. The zero-order valence-corrected chi connectivity index (χ0v) is 9.80. The number of carboxylic acids is 3. The Kier molecular flexibility index (Phi) is 3.41. The first kappa shape index (κ1) is 13.7. The van der Waals surface area contributed by atoms with Crippen molar-refractivity contribution in [1.29, 1.82) is 0 Å². The first-order valence-electron chi connectivity index (χ1n) is 5.02.